The molecule has 3 N–H and O–H groups in total. The van der Waals surface area contributed by atoms with Crippen LogP contribution in [0.4, 0.5) is 10.1 Å². The monoisotopic (exact) mass is 414 g/mol. The van der Waals surface area contributed by atoms with Gasteiger partial charge < -0.3 is 25.4 Å². The second kappa shape index (κ2) is 10.7. The number of methoxy groups -OCH3 is 1. The van der Waals surface area contributed by atoms with Crippen LogP contribution in [0.2, 0.25) is 0 Å². The Kier molecular flexibility index (Phi) is 7.76. The number of hydrogen-bond acceptors (Lipinski definition) is 4. The van der Waals surface area contributed by atoms with Gasteiger partial charge >= 0.3 is 0 Å². The Labute approximate surface area is 177 Å². The maximum atomic E-state index is 13.5. The normalized spacial score (nSPS) is 15.2. The molecule has 7 heteroatoms. The number of nitrogens with zero attached hydrogens (tertiary/aromatic N) is 2. The number of piperidine rings is 1. The summed E-state index contributed by atoms with van der Waals surface area (Å²) in [5.41, 5.74) is 2.01. The average Bonchev–Trinajstić information content (AvgIpc) is 2.75. The summed E-state index contributed by atoms with van der Waals surface area (Å²) in [7, 11) is 1.55. The van der Waals surface area contributed by atoms with Gasteiger partial charge in [-0.05, 0) is 62.1 Å². The predicted octanol–water partition coefficient (Wildman–Crippen LogP) is 3.31. The summed E-state index contributed by atoms with van der Waals surface area (Å²) >= 11 is 0. The number of guanidine groups is 1. The fraction of sp³-hybridized carbons (Fsp3) is 0.435. The largest absolute Gasteiger partial charge is 0.504 e. The SMILES string of the molecule is CCNC(=NCCc1ccc(O)c(OC)c1)NC1CCN(c2cccc(F)c2)CC1. The number of aromatic hydroxyl groups is 1. The van der Waals surface area contributed by atoms with Crippen molar-refractivity contribution in [3.05, 3.63) is 53.8 Å². The van der Waals surface area contributed by atoms with E-state index in [9.17, 15) is 9.50 Å². The van der Waals surface area contributed by atoms with Crippen LogP contribution >= 0.6 is 0 Å². The first-order chi connectivity index (χ1) is 14.6. The number of benzene rings is 2. The lowest BCUT2D eigenvalue weighted by Crippen LogP contribution is -2.48. The number of halogens is 1. The third-order valence-corrected chi connectivity index (χ3v) is 5.27. The summed E-state index contributed by atoms with van der Waals surface area (Å²) in [6, 6.07) is 12.5. The molecule has 0 unspecified atom stereocenters. The van der Waals surface area contributed by atoms with Crippen molar-refractivity contribution in [1.82, 2.24) is 10.6 Å². The lowest BCUT2D eigenvalue weighted by atomic mass is 10.0. The zero-order chi connectivity index (χ0) is 21.3. The van der Waals surface area contributed by atoms with Crippen molar-refractivity contribution < 1.29 is 14.2 Å². The molecule has 162 valence electrons. The molecule has 0 aliphatic carbocycles. The Morgan fingerprint density at radius 2 is 2.03 bits per heavy atom. The van der Waals surface area contributed by atoms with Crippen molar-refractivity contribution in [3.63, 3.8) is 0 Å². The van der Waals surface area contributed by atoms with Gasteiger partial charge in [0.25, 0.3) is 0 Å². The second-order valence-corrected chi connectivity index (χ2v) is 7.40. The van der Waals surface area contributed by atoms with Gasteiger partial charge in [-0.3, -0.25) is 4.99 Å². The fourth-order valence-corrected chi connectivity index (χ4v) is 3.64. The van der Waals surface area contributed by atoms with Gasteiger partial charge in [0.1, 0.15) is 5.82 Å². The molecule has 3 rings (SSSR count). The lowest BCUT2D eigenvalue weighted by molar-refractivity contribution is 0.373. The summed E-state index contributed by atoms with van der Waals surface area (Å²) < 4.78 is 18.6. The highest BCUT2D eigenvalue weighted by Crippen LogP contribution is 2.26. The summed E-state index contributed by atoms with van der Waals surface area (Å²) in [6.45, 7) is 5.24. The molecule has 1 heterocycles. The van der Waals surface area contributed by atoms with E-state index >= 15 is 0 Å². The number of aliphatic imine (C=N–C) groups is 1. The Morgan fingerprint density at radius 1 is 1.23 bits per heavy atom. The molecule has 0 spiro atoms. The van der Waals surface area contributed by atoms with E-state index in [1.54, 1.807) is 25.3 Å². The zero-order valence-corrected chi connectivity index (χ0v) is 17.7. The smallest absolute Gasteiger partial charge is 0.191 e. The summed E-state index contributed by atoms with van der Waals surface area (Å²) in [5.74, 6) is 1.24. The minimum Gasteiger partial charge on any atom is -0.504 e. The van der Waals surface area contributed by atoms with E-state index in [1.165, 1.54) is 6.07 Å². The van der Waals surface area contributed by atoms with Crippen LogP contribution in [-0.4, -0.2) is 50.4 Å². The molecular weight excluding hydrogens is 383 g/mol. The molecule has 2 aromatic rings. The van der Waals surface area contributed by atoms with Crippen LogP contribution < -0.4 is 20.3 Å². The molecule has 2 aromatic carbocycles. The predicted molar refractivity (Wildman–Crippen MR) is 119 cm³/mol. The third kappa shape index (κ3) is 6.02. The van der Waals surface area contributed by atoms with Gasteiger partial charge in [-0.1, -0.05) is 12.1 Å². The van der Waals surface area contributed by atoms with Crippen molar-refractivity contribution >= 4 is 11.6 Å². The van der Waals surface area contributed by atoms with Crippen LogP contribution in [0.5, 0.6) is 11.5 Å². The molecule has 1 saturated heterocycles. The number of nitrogens with one attached hydrogen (secondary N) is 2. The van der Waals surface area contributed by atoms with Crippen LogP contribution in [0.3, 0.4) is 0 Å². The van der Waals surface area contributed by atoms with Gasteiger partial charge in [-0.25, -0.2) is 4.39 Å². The molecular formula is C23H31FN4O2. The number of ether oxygens (including phenoxy) is 1. The van der Waals surface area contributed by atoms with Crippen molar-refractivity contribution in [2.45, 2.75) is 32.2 Å². The maximum absolute atomic E-state index is 13.5. The maximum Gasteiger partial charge on any atom is 0.191 e. The number of phenols is 1. The van der Waals surface area contributed by atoms with Gasteiger partial charge in [0.15, 0.2) is 17.5 Å². The topological polar surface area (TPSA) is 69.1 Å². The number of hydrogen-bond donors (Lipinski definition) is 3. The molecule has 0 radical (unpaired) electrons. The molecule has 0 saturated carbocycles. The summed E-state index contributed by atoms with van der Waals surface area (Å²) in [4.78, 5) is 6.92. The summed E-state index contributed by atoms with van der Waals surface area (Å²) in [5, 5.41) is 16.6. The van der Waals surface area contributed by atoms with Crippen molar-refractivity contribution in [2.75, 3.05) is 38.2 Å². The molecule has 30 heavy (non-hydrogen) atoms. The van der Waals surface area contributed by atoms with E-state index in [0.29, 0.717) is 18.3 Å². The highest BCUT2D eigenvalue weighted by Gasteiger charge is 2.20. The molecule has 0 bridgehead atoms. The average molecular weight is 415 g/mol. The third-order valence-electron chi connectivity index (χ3n) is 5.27. The van der Waals surface area contributed by atoms with E-state index in [1.807, 2.05) is 18.2 Å². The number of phenolic OH excluding ortho intramolecular Hbond substituents is 1. The molecule has 1 aliphatic heterocycles. The summed E-state index contributed by atoms with van der Waals surface area (Å²) in [6.07, 6.45) is 2.69. The Morgan fingerprint density at radius 3 is 2.73 bits per heavy atom. The first-order valence-electron chi connectivity index (χ1n) is 10.5. The van der Waals surface area contributed by atoms with Gasteiger partial charge in [0.05, 0.1) is 7.11 Å². The molecule has 0 amide bonds. The van der Waals surface area contributed by atoms with Gasteiger partial charge in [0.2, 0.25) is 0 Å². The fourth-order valence-electron chi connectivity index (χ4n) is 3.64. The minimum atomic E-state index is -0.194. The van der Waals surface area contributed by atoms with Gasteiger partial charge in [-0.15, -0.1) is 0 Å². The van der Waals surface area contributed by atoms with E-state index in [-0.39, 0.29) is 11.6 Å². The molecule has 0 aromatic heterocycles. The highest BCUT2D eigenvalue weighted by atomic mass is 19.1. The van der Waals surface area contributed by atoms with Crippen LogP contribution in [-0.2, 0) is 6.42 Å². The van der Waals surface area contributed by atoms with Crippen LogP contribution in [0.15, 0.2) is 47.5 Å². The van der Waals surface area contributed by atoms with Crippen LogP contribution in [0.25, 0.3) is 0 Å². The standard InChI is InChI=1S/C23H31FN4O2/c1-3-25-23(26-12-9-17-7-8-21(29)22(15-17)30-2)27-19-10-13-28(14-11-19)20-6-4-5-18(24)16-20/h4-8,15-16,19,29H,3,9-14H2,1-2H3,(H2,25,26,27). The van der Waals surface area contributed by atoms with E-state index in [4.69, 9.17) is 9.73 Å². The van der Waals surface area contributed by atoms with E-state index in [0.717, 1.165) is 56.1 Å². The molecule has 6 nitrogen and oxygen atoms in total. The molecule has 0 atom stereocenters. The Bertz CT molecular complexity index is 851. The van der Waals surface area contributed by atoms with Gasteiger partial charge in [0, 0.05) is 37.9 Å². The highest BCUT2D eigenvalue weighted by molar-refractivity contribution is 5.80. The Balaban J connectivity index is 1.51. The van der Waals surface area contributed by atoms with Crippen molar-refractivity contribution in [3.8, 4) is 11.5 Å². The molecule has 1 aliphatic rings. The zero-order valence-electron chi connectivity index (χ0n) is 17.7. The minimum absolute atomic E-state index is 0.143. The van der Waals surface area contributed by atoms with E-state index < -0.39 is 0 Å². The van der Waals surface area contributed by atoms with Crippen LogP contribution in [0.1, 0.15) is 25.3 Å². The lowest BCUT2D eigenvalue weighted by Gasteiger charge is -2.34. The first-order valence-corrected chi connectivity index (χ1v) is 10.5. The van der Waals surface area contributed by atoms with Crippen molar-refractivity contribution in [1.29, 1.82) is 0 Å². The Hall–Kier alpha value is -2.96. The molecule has 1 fully saturated rings. The second-order valence-electron chi connectivity index (χ2n) is 7.40. The number of rotatable bonds is 7. The first kappa shape index (κ1) is 21.7. The number of anilines is 1. The van der Waals surface area contributed by atoms with Gasteiger partial charge in [-0.2, -0.15) is 0 Å². The van der Waals surface area contributed by atoms with Crippen molar-refractivity contribution in [2.24, 2.45) is 4.99 Å². The quantitative estimate of drug-likeness (QED) is 0.479. The van der Waals surface area contributed by atoms with Crippen LogP contribution in [0, 0.1) is 5.82 Å². The van der Waals surface area contributed by atoms with E-state index in [2.05, 4.69) is 22.5 Å².